The second-order valence-corrected chi connectivity index (χ2v) is 4.39. The SMILES string of the molecule is CCC(C)/C=C\NC(=O)OC(C)(C)C. The molecule has 1 atom stereocenters. The van der Waals surface area contributed by atoms with Crippen molar-refractivity contribution in [1.29, 1.82) is 0 Å². The third-order valence-electron chi connectivity index (χ3n) is 1.67. The summed E-state index contributed by atoms with van der Waals surface area (Å²) < 4.78 is 5.05. The second kappa shape index (κ2) is 5.68. The van der Waals surface area contributed by atoms with Gasteiger partial charge in [-0.05, 0) is 26.7 Å². The van der Waals surface area contributed by atoms with Crippen LogP contribution in [0.5, 0.6) is 0 Å². The van der Waals surface area contributed by atoms with Crippen molar-refractivity contribution in [3.05, 3.63) is 12.3 Å². The summed E-state index contributed by atoms with van der Waals surface area (Å²) in [5.41, 5.74) is -0.436. The minimum absolute atomic E-state index is 0.406. The Kier molecular flexibility index (Phi) is 5.28. The molecule has 0 aliphatic heterocycles. The molecule has 0 spiro atoms. The van der Waals surface area contributed by atoms with E-state index >= 15 is 0 Å². The molecule has 0 bridgehead atoms. The van der Waals surface area contributed by atoms with Gasteiger partial charge in [0.25, 0.3) is 0 Å². The van der Waals surface area contributed by atoms with Gasteiger partial charge in [-0.2, -0.15) is 0 Å². The molecule has 0 fully saturated rings. The zero-order valence-corrected chi connectivity index (χ0v) is 9.76. The van der Waals surface area contributed by atoms with Crippen LogP contribution in [0.1, 0.15) is 41.0 Å². The van der Waals surface area contributed by atoms with Crippen molar-refractivity contribution < 1.29 is 9.53 Å². The van der Waals surface area contributed by atoms with Crippen molar-refractivity contribution in [3.63, 3.8) is 0 Å². The molecular formula is C11H21NO2. The van der Waals surface area contributed by atoms with Crippen molar-refractivity contribution >= 4 is 6.09 Å². The lowest BCUT2D eigenvalue weighted by Crippen LogP contribution is -2.29. The zero-order valence-electron chi connectivity index (χ0n) is 9.76. The van der Waals surface area contributed by atoms with Crippen molar-refractivity contribution in [1.82, 2.24) is 5.32 Å². The van der Waals surface area contributed by atoms with Gasteiger partial charge in [-0.15, -0.1) is 0 Å². The first kappa shape index (κ1) is 13.0. The Bertz CT molecular complexity index is 204. The van der Waals surface area contributed by atoms with E-state index in [1.54, 1.807) is 6.20 Å². The van der Waals surface area contributed by atoms with Crippen LogP contribution in [0.15, 0.2) is 12.3 Å². The van der Waals surface area contributed by atoms with Gasteiger partial charge < -0.3 is 4.74 Å². The molecule has 0 radical (unpaired) electrons. The molecule has 1 amide bonds. The van der Waals surface area contributed by atoms with Gasteiger partial charge >= 0.3 is 6.09 Å². The first-order valence-corrected chi connectivity index (χ1v) is 5.01. The number of hydrogen-bond donors (Lipinski definition) is 1. The van der Waals surface area contributed by atoms with Crippen LogP contribution < -0.4 is 5.32 Å². The van der Waals surface area contributed by atoms with Crippen LogP contribution in [0, 0.1) is 5.92 Å². The summed E-state index contributed by atoms with van der Waals surface area (Å²) in [7, 11) is 0. The summed E-state index contributed by atoms with van der Waals surface area (Å²) in [5, 5.41) is 2.56. The molecule has 82 valence electrons. The first-order chi connectivity index (χ1) is 6.35. The Morgan fingerprint density at radius 2 is 2.07 bits per heavy atom. The molecule has 1 unspecified atom stereocenters. The maximum absolute atomic E-state index is 11.1. The largest absolute Gasteiger partial charge is 0.444 e. The van der Waals surface area contributed by atoms with Crippen LogP contribution in [0.2, 0.25) is 0 Å². The third-order valence-corrected chi connectivity index (χ3v) is 1.67. The topological polar surface area (TPSA) is 38.3 Å². The lowest BCUT2D eigenvalue weighted by molar-refractivity contribution is 0.0552. The number of alkyl carbamates (subject to hydrolysis) is 1. The Morgan fingerprint density at radius 3 is 2.50 bits per heavy atom. The van der Waals surface area contributed by atoms with Gasteiger partial charge in [-0.1, -0.05) is 26.3 Å². The Morgan fingerprint density at radius 1 is 1.50 bits per heavy atom. The van der Waals surface area contributed by atoms with Gasteiger partial charge in [0.2, 0.25) is 0 Å². The molecule has 0 aromatic carbocycles. The molecule has 0 heterocycles. The van der Waals surface area contributed by atoms with E-state index in [4.69, 9.17) is 4.74 Å². The van der Waals surface area contributed by atoms with E-state index < -0.39 is 11.7 Å². The zero-order chi connectivity index (χ0) is 11.2. The molecular weight excluding hydrogens is 178 g/mol. The average molecular weight is 199 g/mol. The van der Waals surface area contributed by atoms with Gasteiger partial charge in [0.05, 0.1) is 0 Å². The Labute approximate surface area is 86.5 Å². The maximum atomic E-state index is 11.1. The van der Waals surface area contributed by atoms with Crippen LogP contribution >= 0.6 is 0 Å². The summed E-state index contributed by atoms with van der Waals surface area (Å²) in [4.78, 5) is 11.1. The van der Waals surface area contributed by atoms with Gasteiger partial charge in [-0.25, -0.2) is 4.79 Å². The van der Waals surface area contributed by atoms with E-state index in [0.717, 1.165) is 6.42 Å². The fraction of sp³-hybridized carbons (Fsp3) is 0.727. The molecule has 0 aromatic rings. The number of amides is 1. The smallest absolute Gasteiger partial charge is 0.411 e. The predicted molar refractivity (Wildman–Crippen MR) is 58.0 cm³/mol. The number of nitrogens with one attached hydrogen (secondary N) is 1. The number of rotatable bonds is 3. The van der Waals surface area contributed by atoms with E-state index in [2.05, 4.69) is 19.2 Å². The molecule has 0 aromatic heterocycles. The average Bonchev–Trinajstić information content (AvgIpc) is 2.00. The van der Waals surface area contributed by atoms with Crippen LogP contribution in [0.3, 0.4) is 0 Å². The molecule has 14 heavy (non-hydrogen) atoms. The number of carbonyl (C=O) groups excluding carboxylic acids is 1. The summed E-state index contributed by atoms with van der Waals surface area (Å²) in [6, 6.07) is 0. The fourth-order valence-electron chi connectivity index (χ4n) is 0.724. The summed E-state index contributed by atoms with van der Waals surface area (Å²) in [6.45, 7) is 9.71. The second-order valence-electron chi connectivity index (χ2n) is 4.39. The fourth-order valence-corrected chi connectivity index (χ4v) is 0.724. The minimum atomic E-state index is -0.436. The van der Waals surface area contributed by atoms with Gasteiger partial charge in [-0.3, -0.25) is 5.32 Å². The van der Waals surface area contributed by atoms with Crippen LogP contribution in [-0.2, 0) is 4.74 Å². The van der Waals surface area contributed by atoms with E-state index in [-0.39, 0.29) is 0 Å². The molecule has 0 aliphatic rings. The summed E-state index contributed by atoms with van der Waals surface area (Å²) in [5.74, 6) is 0.477. The molecule has 0 saturated heterocycles. The van der Waals surface area contributed by atoms with Crippen molar-refractivity contribution in [2.24, 2.45) is 5.92 Å². The molecule has 0 aliphatic carbocycles. The van der Waals surface area contributed by atoms with Crippen molar-refractivity contribution in [2.45, 2.75) is 46.6 Å². The Hall–Kier alpha value is -0.990. The monoisotopic (exact) mass is 199 g/mol. The first-order valence-electron chi connectivity index (χ1n) is 5.01. The van der Waals surface area contributed by atoms with Crippen LogP contribution in [-0.4, -0.2) is 11.7 Å². The van der Waals surface area contributed by atoms with Gasteiger partial charge in [0, 0.05) is 6.20 Å². The molecule has 1 N–H and O–H groups in total. The minimum Gasteiger partial charge on any atom is -0.444 e. The van der Waals surface area contributed by atoms with E-state index in [1.807, 2.05) is 26.8 Å². The maximum Gasteiger partial charge on any atom is 0.411 e. The van der Waals surface area contributed by atoms with Gasteiger partial charge in [0.15, 0.2) is 0 Å². The lowest BCUT2D eigenvalue weighted by Gasteiger charge is -2.18. The van der Waals surface area contributed by atoms with Crippen molar-refractivity contribution in [2.75, 3.05) is 0 Å². The quantitative estimate of drug-likeness (QED) is 0.758. The standard InChI is InChI=1S/C11H21NO2/c1-6-9(2)7-8-12-10(13)14-11(3,4)5/h7-9H,6H2,1-5H3,(H,12,13)/b8-7-. The molecule has 3 nitrogen and oxygen atoms in total. The highest BCUT2D eigenvalue weighted by Crippen LogP contribution is 2.06. The molecule has 3 heteroatoms. The molecule has 0 rings (SSSR count). The van der Waals surface area contributed by atoms with Crippen LogP contribution in [0.25, 0.3) is 0 Å². The van der Waals surface area contributed by atoms with E-state index in [0.29, 0.717) is 5.92 Å². The highest BCUT2D eigenvalue weighted by atomic mass is 16.6. The summed E-state index contributed by atoms with van der Waals surface area (Å²) in [6.07, 6.45) is 4.25. The molecule has 0 saturated carbocycles. The summed E-state index contributed by atoms with van der Waals surface area (Å²) >= 11 is 0. The predicted octanol–water partition coefficient (Wildman–Crippen LogP) is 3.07. The van der Waals surface area contributed by atoms with E-state index in [9.17, 15) is 4.79 Å². The van der Waals surface area contributed by atoms with E-state index in [1.165, 1.54) is 0 Å². The van der Waals surface area contributed by atoms with Gasteiger partial charge in [0.1, 0.15) is 5.60 Å². The number of hydrogen-bond acceptors (Lipinski definition) is 2. The van der Waals surface area contributed by atoms with Crippen molar-refractivity contribution in [3.8, 4) is 0 Å². The lowest BCUT2D eigenvalue weighted by atomic mass is 10.1. The highest BCUT2D eigenvalue weighted by Gasteiger charge is 2.14. The van der Waals surface area contributed by atoms with Crippen LogP contribution in [0.4, 0.5) is 4.79 Å². The number of carbonyl (C=O) groups is 1. The number of allylic oxidation sites excluding steroid dienone is 1. The normalized spacial score (nSPS) is 14.1. The number of ether oxygens (including phenoxy) is 1. The Balaban J connectivity index is 3.80. The third kappa shape index (κ3) is 7.65. The highest BCUT2D eigenvalue weighted by molar-refractivity contribution is 5.68.